The predicted molar refractivity (Wildman–Crippen MR) is 87.8 cm³/mol. The fraction of sp³-hybridized carbons (Fsp3) is 0.235. The molecule has 0 aliphatic heterocycles. The standard InChI is InChI=1S/C17H18ClNO3/c1-2-21-16-6-4-3-5-15(16)19-17(20)11-12-22-14-9-7-13(18)8-10-14/h3-10H,2,11-12H2,1H3,(H,19,20). The van der Waals surface area contributed by atoms with Gasteiger partial charge >= 0.3 is 0 Å². The summed E-state index contributed by atoms with van der Waals surface area (Å²) in [5.41, 5.74) is 0.667. The van der Waals surface area contributed by atoms with E-state index >= 15 is 0 Å². The summed E-state index contributed by atoms with van der Waals surface area (Å²) in [5, 5.41) is 3.48. The Kier molecular flexibility index (Phi) is 6.10. The number of ether oxygens (including phenoxy) is 2. The van der Waals surface area contributed by atoms with Crippen LogP contribution >= 0.6 is 11.6 Å². The Bertz CT molecular complexity index is 614. The molecule has 0 aromatic heterocycles. The smallest absolute Gasteiger partial charge is 0.227 e. The Morgan fingerprint density at radius 3 is 2.55 bits per heavy atom. The molecule has 5 heteroatoms. The molecule has 2 rings (SSSR count). The van der Waals surface area contributed by atoms with Crippen molar-refractivity contribution < 1.29 is 14.3 Å². The van der Waals surface area contributed by atoms with Gasteiger partial charge in [-0.2, -0.15) is 0 Å². The van der Waals surface area contributed by atoms with E-state index in [9.17, 15) is 4.79 Å². The third-order valence-corrected chi connectivity index (χ3v) is 3.12. The summed E-state index contributed by atoms with van der Waals surface area (Å²) < 4.78 is 11.0. The van der Waals surface area contributed by atoms with E-state index in [0.717, 1.165) is 0 Å². The molecular formula is C17H18ClNO3. The highest BCUT2D eigenvalue weighted by Crippen LogP contribution is 2.23. The molecule has 22 heavy (non-hydrogen) atoms. The second-order valence-electron chi connectivity index (χ2n) is 4.53. The molecule has 0 bridgehead atoms. The highest BCUT2D eigenvalue weighted by molar-refractivity contribution is 6.30. The maximum Gasteiger partial charge on any atom is 0.227 e. The average molecular weight is 320 g/mol. The van der Waals surface area contributed by atoms with Crippen molar-refractivity contribution in [2.24, 2.45) is 0 Å². The molecule has 2 aromatic rings. The SMILES string of the molecule is CCOc1ccccc1NC(=O)CCOc1ccc(Cl)cc1. The van der Waals surface area contributed by atoms with Crippen LogP contribution in [-0.4, -0.2) is 19.1 Å². The fourth-order valence-electron chi connectivity index (χ4n) is 1.86. The maximum absolute atomic E-state index is 11.9. The third-order valence-electron chi connectivity index (χ3n) is 2.87. The zero-order valence-corrected chi connectivity index (χ0v) is 13.1. The molecule has 0 heterocycles. The number of nitrogens with one attached hydrogen (secondary N) is 1. The van der Waals surface area contributed by atoms with Crippen molar-refractivity contribution in [2.75, 3.05) is 18.5 Å². The molecule has 0 radical (unpaired) electrons. The van der Waals surface area contributed by atoms with Gasteiger partial charge in [0.15, 0.2) is 0 Å². The summed E-state index contributed by atoms with van der Waals surface area (Å²) in [6, 6.07) is 14.4. The number of anilines is 1. The maximum atomic E-state index is 11.9. The van der Waals surface area contributed by atoms with Crippen LogP contribution in [0.15, 0.2) is 48.5 Å². The number of amides is 1. The largest absolute Gasteiger partial charge is 0.493 e. The molecule has 0 saturated heterocycles. The number of carbonyl (C=O) groups is 1. The van der Waals surface area contributed by atoms with E-state index in [0.29, 0.717) is 35.4 Å². The van der Waals surface area contributed by atoms with Crippen LogP contribution in [0.2, 0.25) is 5.02 Å². The van der Waals surface area contributed by atoms with Crippen LogP contribution in [0, 0.1) is 0 Å². The minimum atomic E-state index is -0.124. The zero-order valence-electron chi connectivity index (χ0n) is 12.3. The molecule has 0 fully saturated rings. The number of halogens is 1. The van der Waals surface area contributed by atoms with E-state index in [1.807, 2.05) is 31.2 Å². The van der Waals surface area contributed by atoms with Gasteiger partial charge in [-0.15, -0.1) is 0 Å². The number of benzene rings is 2. The molecule has 116 valence electrons. The van der Waals surface area contributed by atoms with Crippen molar-refractivity contribution in [3.8, 4) is 11.5 Å². The van der Waals surface area contributed by atoms with Crippen LogP contribution in [0.5, 0.6) is 11.5 Å². The average Bonchev–Trinajstić information content (AvgIpc) is 2.51. The van der Waals surface area contributed by atoms with Gasteiger partial charge in [0.2, 0.25) is 5.91 Å². The molecule has 1 N–H and O–H groups in total. The van der Waals surface area contributed by atoms with Crippen molar-refractivity contribution >= 4 is 23.2 Å². The monoisotopic (exact) mass is 319 g/mol. The van der Waals surface area contributed by atoms with E-state index in [1.54, 1.807) is 24.3 Å². The van der Waals surface area contributed by atoms with Gasteiger partial charge in [-0.25, -0.2) is 0 Å². The first-order valence-electron chi connectivity index (χ1n) is 7.09. The molecule has 4 nitrogen and oxygen atoms in total. The summed E-state index contributed by atoms with van der Waals surface area (Å²) in [5.74, 6) is 1.23. The minimum Gasteiger partial charge on any atom is -0.493 e. The van der Waals surface area contributed by atoms with Crippen LogP contribution < -0.4 is 14.8 Å². The molecule has 0 spiro atoms. The van der Waals surface area contributed by atoms with Gasteiger partial charge in [-0.05, 0) is 43.3 Å². The van der Waals surface area contributed by atoms with Crippen LogP contribution in [-0.2, 0) is 4.79 Å². The molecule has 0 saturated carbocycles. The normalized spacial score (nSPS) is 10.1. The van der Waals surface area contributed by atoms with Gasteiger partial charge in [0.05, 0.1) is 25.3 Å². The second kappa shape index (κ2) is 8.29. The zero-order chi connectivity index (χ0) is 15.8. The van der Waals surface area contributed by atoms with Crippen LogP contribution in [0.4, 0.5) is 5.69 Å². The van der Waals surface area contributed by atoms with Gasteiger partial charge in [0, 0.05) is 5.02 Å². The molecule has 2 aromatic carbocycles. The van der Waals surface area contributed by atoms with Gasteiger partial charge in [0.1, 0.15) is 11.5 Å². The van der Waals surface area contributed by atoms with Crippen molar-refractivity contribution in [2.45, 2.75) is 13.3 Å². The highest BCUT2D eigenvalue weighted by Gasteiger charge is 2.07. The Balaban J connectivity index is 1.82. The summed E-state index contributed by atoms with van der Waals surface area (Å²) in [7, 11) is 0. The first-order valence-corrected chi connectivity index (χ1v) is 7.47. The molecule has 0 unspecified atom stereocenters. The Hall–Kier alpha value is -2.20. The van der Waals surface area contributed by atoms with E-state index in [-0.39, 0.29) is 12.3 Å². The second-order valence-corrected chi connectivity index (χ2v) is 4.97. The van der Waals surface area contributed by atoms with Crippen LogP contribution in [0.3, 0.4) is 0 Å². The summed E-state index contributed by atoms with van der Waals surface area (Å²) in [6.07, 6.45) is 0.253. The molecule has 1 amide bonds. The summed E-state index contributed by atoms with van der Waals surface area (Å²) in [6.45, 7) is 2.75. The van der Waals surface area contributed by atoms with Crippen LogP contribution in [0.1, 0.15) is 13.3 Å². The number of carbonyl (C=O) groups excluding carboxylic acids is 1. The Labute approximate surface area is 135 Å². The van der Waals surface area contributed by atoms with E-state index in [2.05, 4.69) is 5.32 Å². The molecule has 0 atom stereocenters. The van der Waals surface area contributed by atoms with Gasteiger partial charge in [-0.1, -0.05) is 23.7 Å². The topological polar surface area (TPSA) is 47.6 Å². The summed E-state index contributed by atoms with van der Waals surface area (Å²) in [4.78, 5) is 11.9. The quantitative estimate of drug-likeness (QED) is 0.834. The number of hydrogen-bond acceptors (Lipinski definition) is 3. The molecular weight excluding hydrogens is 302 g/mol. The lowest BCUT2D eigenvalue weighted by atomic mass is 10.3. The third kappa shape index (κ3) is 4.97. The van der Waals surface area contributed by atoms with Gasteiger partial charge in [0.25, 0.3) is 0 Å². The predicted octanol–water partition coefficient (Wildman–Crippen LogP) is 4.15. The molecule has 0 aliphatic carbocycles. The highest BCUT2D eigenvalue weighted by atomic mass is 35.5. The number of rotatable bonds is 7. The van der Waals surface area contributed by atoms with Crippen molar-refractivity contribution in [3.63, 3.8) is 0 Å². The van der Waals surface area contributed by atoms with Crippen molar-refractivity contribution in [1.29, 1.82) is 0 Å². The van der Waals surface area contributed by atoms with Gasteiger partial charge < -0.3 is 14.8 Å². The van der Waals surface area contributed by atoms with Gasteiger partial charge in [-0.3, -0.25) is 4.79 Å². The van der Waals surface area contributed by atoms with Crippen LogP contribution in [0.25, 0.3) is 0 Å². The Morgan fingerprint density at radius 2 is 1.82 bits per heavy atom. The van der Waals surface area contributed by atoms with E-state index in [1.165, 1.54) is 0 Å². The van der Waals surface area contributed by atoms with Crippen molar-refractivity contribution in [3.05, 3.63) is 53.6 Å². The lowest BCUT2D eigenvalue weighted by Gasteiger charge is -2.11. The lowest BCUT2D eigenvalue weighted by molar-refractivity contribution is -0.116. The van der Waals surface area contributed by atoms with E-state index in [4.69, 9.17) is 21.1 Å². The first kappa shape index (κ1) is 16.2. The molecule has 0 aliphatic rings. The number of hydrogen-bond donors (Lipinski definition) is 1. The minimum absolute atomic E-state index is 0.124. The summed E-state index contributed by atoms with van der Waals surface area (Å²) >= 11 is 5.80. The first-order chi connectivity index (χ1) is 10.7. The lowest BCUT2D eigenvalue weighted by Crippen LogP contribution is -2.15. The Morgan fingerprint density at radius 1 is 1.09 bits per heavy atom. The van der Waals surface area contributed by atoms with E-state index < -0.39 is 0 Å². The number of para-hydroxylation sites is 2. The fourth-order valence-corrected chi connectivity index (χ4v) is 1.98. The van der Waals surface area contributed by atoms with Crippen molar-refractivity contribution in [1.82, 2.24) is 0 Å².